The standard InChI is InChI=1S/C31H40N2O2/c1-30-14-10-24(35-29(34)21-12-17-33(3)18-13-21)19-23(30)6-7-25-27-9-8-26(22-5-4-16-32-20-22)31(27,2)15-11-28(25)30/h4-6,8-9,16,20-21,24-25,28H,7,10-15,17-19H2,1-3H3/t24-,25-,28-,30-,31+/m0/s1. The summed E-state index contributed by atoms with van der Waals surface area (Å²) in [5.41, 5.74) is 6.29. The first-order chi connectivity index (χ1) is 16.9. The second-order valence-electron chi connectivity index (χ2n) is 12.3. The van der Waals surface area contributed by atoms with Crippen molar-refractivity contribution in [2.24, 2.45) is 28.6 Å². The van der Waals surface area contributed by atoms with E-state index in [-0.39, 0.29) is 28.8 Å². The van der Waals surface area contributed by atoms with Crippen LogP contribution in [0.1, 0.15) is 70.8 Å². The van der Waals surface area contributed by atoms with Gasteiger partial charge >= 0.3 is 5.97 Å². The lowest BCUT2D eigenvalue weighted by Gasteiger charge is -2.56. The molecule has 1 saturated heterocycles. The number of hydrogen-bond acceptors (Lipinski definition) is 4. The summed E-state index contributed by atoms with van der Waals surface area (Å²) in [6, 6.07) is 4.26. The lowest BCUT2D eigenvalue weighted by molar-refractivity contribution is -0.157. The Kier molecular flexibility index (Phi) is 5.79. The molecule has 6 rings (SSSR count). The third-order valence-electron chi connectivity index (χ3n) is 10.4. The van der Waals surface area contributed by atoms with Crippen LogP contribution in [-0.4, -0.2) is 42.1 Å². The van der Waals surface area contributed by atoms with Crippen LogP contribution in [0.25, 0.3) is 5.57 Å². The minimum Gasteiger partial charge on any atom is -0.462 e. The smallest absolute Gasteiger partial charge is 0.309 e. The molecule has 4 nitrogen and oxygen atoms in total. The molecule has 1 aromatic heterocycles. The number of likely N-dealkylation sites (tertiary alicyclic amines) is 1. The lowest BCUT2D eigenvalue weighted by Crippen LogP contribution is -2.47. The first-order valence-electron chi connectivity index (χ1n) is 13.8. The molecule has 2 saturated carbocycles. The van der Waals surface area contributed by atoms with E-state index in [1.165, 1.54) is 24.0 Å². The molecule has 35 heavy (non-hydrogen) atoms. The summed E-state index contributed by atoms with van der Waals surface area (Å²) in [5, 5.41) is 0. The minimum absolute atomic E-state index is 0.0551. The van der Waals surface area contributed by atoms with E-state index in [4.69, 9.17) is 4.74 Å². The maximum Gasteiger partial charge on any atom is 0.309 e. The van der Waals surface area contributed by atoms with Gasteiger partial charge in [-0.25, -0.2) is 0 Å². The third-order valence-corrected chi connectivity index (χ3v) is 10.4. The fourth-order valence-corrected chi connectivity index (χ4v) is 8.18. The van der Waals surface area contributed by atoms with Crippen molar-refractivity contribution in [2.75, 3.05) is 20.1 Å². The van der Waals surface area contributed by atoms with Gasteiger partial charge in [-0.3, -0.25) is 9.78 Å². The molecule has 5 aliphatic rings. The number of piperidine rings is 1. The zero-order valence-corrected chi connectivity index (χ0v) is 21.6. The Morgan fingerprint density at radius 2 is 1.94 bits per heavy atom. The number of nitrogens with zero attached hydrogens (tertiary/aromatic N) is 2. The molecule has 0 N–H and O–H groups in total. The second-order valence-corrected chi connectivity index (χ2v) is 12.3. The quantitative estimate of drug-likeness (QED) is 0.387. The van der Waals surface area contributed by atoms with Crippen LogP contribution in [0.2, 0.25) is 0 Å². The molecule has 0 amide bonds. The predicted octanol–water partition coefficient (Wildman–Crippen LogP) is 6.21. The van der Waals surface area contributed by atoms with Crippen molar-refractivity contribution < 1.29 is 9.53 Å². The molecular weight excluding hydrogens is 432 g/mol. The fourth-order valence-electron chi connectivity index (χ4n) is 8.18. The number of carbonyl (C=O) groups excluding carboxylic acids is 1. The molecule has 1 aliphatic heterocycles. The number of hydrogen-bond donors (Lipinski definition) is 0. The molecule has 5 atom stereocenters. The SMILES string of the molecule is CN1CCC(C(=O)O[C@H]2CC[C@@]3(C)C(=CC[C@H]4C5=CC=C(c6cccnc6)[C@@]5(C)CC[C@@H]43)C2)CC1. The molecule has 2 heterocycles. The maximum atomic E-state index is 12.9. The molecule has 0 radical (unpaired) electrons. The van der Waals surface area contributed by atoms with Gasteiger partial charge in [0.05, 0.1) is 5.92 Å². The maximum absolute atomic E-state index is 12.9. The Bertz CT molecular complexity index is 1080. The Morgan fingerprint density at radius 1 is 1.11 bits per heavy atom. The average molecular weight is 473 g/mol. The second kappa shape index (κ2) is 8.73. The van der Waals surface area contributed by atoms with E-state index in [0.29, 0.717) is 11.8 Å². The van der Waals surface area contributed by atoms with Crippen LogP contribution < -0.4 is 0 Å². The normalized spacial score (nSPS) is 37.3. The van der Waals surface area contributed by atoms with Gasteiger partial charge in [-0.2, -0.15) is 0 Å². The van der Waals surface area contributed by atoms with Crippen molar-refractivity contribution in [3.05, 3.63) is 59.5 Å². The first kappa shape index (κ1) is 23.2. The minimum atomic E-state index is 0.0551. The monoisotopic (exact) mass is 472 g/mol. The molecule has 0 unspecified atom stereocenters. The van der Waals surface area contributed by atoms with Gasteiger partial charge in [0, 0.05) is 24.2 Å². The number of pyridine rings is 1. The Balaban J connectivity index is 1.16. The van der Waals surface area contributed by atoms with Crippen molar-refractivity contribution in [1.82, 2.24) is 9.88 Å². The molecule has 4 heteroatoms. The summed E-state index contributed by atoms with van der Waals surface area (Å²) < 4.78 is 6.12. The average Bonchev–Trinajstić information content (AvgIpc) is 3.22. The number of aromatic nitrogens is 1. The van der Waals surface area contributed by atoms with Crippen LogP contribution in [-0.2, 0) is 9.53 Å². The highest BCUT2D eigenvalue weighted by atomic mass is 16.5. The number of ether oxygens (including phenoxy) is 1. The molecule has 4 aliphatic carbocycles. The van der Waals surface area contributed by atoms with Gasteiger partial charge in [0.25, 0.3) is 0 Å². The Labute approximate surface area is 210 Å². The van der Waals surface area contributed by atoms with Crippen LogP contribution in [0.15, 0.2) is 53.9 Å². The van der Waals surface area contributed by atoms with Gasteiger partial charge < -0.3 is 9.64 Å². The molecule has 186 valence electrons. The summed E-state index contributed by atoms with van der Waals surface area (Å²) in [6.07, 6.45) is 19.9. The van der Waals surface area contributed by atoms with Crippen molar-refractivity contribution in [2.45, 2.75) is 71.3 Å². The Hall–Kier alpha value is -2.20. The highest BCUT2D eigenvalue weighted by Gasteiger charge is 2.54. The molecule has 0 aromatic carbocycles. The summed E-state index contributed by atoms with van der Waals surface area (Å²) in [6.45, 7) is 6.98. The molecule has 3 fully saturated rings. The van der Waals surface area contributed by atoms with E-state index >= 15 is 0 Å². The third kappa shape index (κ3) is 3.84. The van der Waals surface area contributed by atoms with Gasteiger partial charge in [0.1, 0.15) is 6.10 Å². The largest absolute Gasteiger partial charge is 0.462 e. The van der Waals surface area contributed by atoms with Crippen molar-refractivity contribution in [3.8, 4) is 0 Å². The van der Waals surface area contributed by atoms with Gasteiger partial charge in [-0.1, -0.05) is 49.3 Å². The van der Waals surface area contributed by atoms with Gasteiger partial charge in [-0.05, 0) is 99.5 Å². The zero-order chi connectivity index (χ0) is 24.2. The van der Waals surface area contributed by atoms with Crippen LogP contribution >= 0.6 is 0 Å². The van der Waals surface area contributed by atoms with E-state index in [1.807, 2.05) is 12.4 Å². The number of allylic oxidation sites excluding steroid dienone is 5. The topological polar surface area (TPSA) is 42.4 Å². The fraction of sp³-hybridized carbons (Fsp3) is 0.613. The van der Waals surface area contributed by atoms with Crippen molar-refractivity contribution in [3.63, 3.8) is 0 Å². The zero-order valence-electron chi connectivity index (χ0n) is 21.6. The van der Waals surface area contributed by atoms with E-state index in [1.54, 1.807) is 11.1 Å². The highest BCUT2D eigenvalue weighted by molar-refractivity contribution is 5.78. The Morgan fingerprint density at radius 3 is 2.71 bits per heavy atom. The summed E-state index contributed by atoms with van der Waals surface area (Å²) in [7, 11) is 2.14. The van der Waals surface area contributed by atoms with Gasteiger partial charge in [0.2, 0.25) is 0 Å². The van der Waals surface area contributed by atoms with E-state index < -0.39 is 0 Å². The summed E-state index contributed by atoms with van der Waals surface area (Å²) in [4.78, 5) is 19.6. The summed E-state index contributed by atoms with van der Waals surface area (Å²) in [5.74, 6) is 1.45. The van der Waals surface area contributed by atoms with Crippen LogP contribution in [0.4, 0.5) is 0 Å². The molecule has 1 aromatic rings. The first-order valence-corrected chi connectivity index (χ1v) is 13.8. The number of fused-ring (bicyclic) bond motifs is 5. The molecule has 0 bridgehead atoms. The highest BCUT2D eigenvalue weighted by Crippen LogP contribution is 2.64. The van der Waals surface area contributed by atoms with E-state index in [2.05, 4.69) is 61.1 Å². The van der Waals surface area contributed by atoms with Gasteiger partial charge in [-0.15, -0.1) is 0 Å². The number of carbonyl (C=O) groups is 1. The van der Waals surface area contributed by atoms with E-state index in [0.717, 1.165) is 51.6 Å². The lowest BCUT2D eigenvalue weighted by atomic mass is 9.49. The van der Waals surface area contributed by atoms with Crippen molar-refractivity contribution in [1.29, 1.82) is 0 Å². The van der Waals surface area contributed by atoms with Crippen LogP contribution in [0, 0.1) is 28.6 Å². The van der Waals surface area contributed by atoms with Crippen LogP contribution in [0.5, 0.6) is 0 Å². The van der Waals surface area contributed by atoms with Crippen LogP contribution in [0.3, 0.4) is 0 Å². The van der Waals surface area contributed by atoms with E-state index in [9.17, 15) is 4.79 Å². The number of esters is 1. The van der Waals surface area contributed by atoms with Gasteiger partial charge in [0.15, 0.2) is 0 Å². The number of rotatable bonds is 3. The predicted molar refractivity (Wildman–Crippen MR) is 139 cm³/mol. The summed E-state index contributed by atoms with van der Waals surface area (Å²) >= 11 is 0. The molecule has 0 spiro atoms. The molecular formula is C31H40N2O2. The van der Waals surface area contributed by atoms with Crippen molar-refractivity contribution >= 4 is 11.5 Å².